The zero-order valence-electron chi connectivity index (χ0n) is 11.7. The Hall–Kier alpha value is -1.27. The number of aryl methyl sites for hydroxylation is 1. The second kappa shape index (κ2) is 6.95. The molecule has 4 nitrogen and oxygen atoms in total. The van der Waals surface area contributed by atoms with E-state index in [0.29, 0.717) is 0 Å². The number of anilines is 3. The Kier molecular flexibility index (Phi) is 5.25. The molecule has 20 heavy (non-hydrogen) atoms. The van der Waals surface area contributed by atoms with Crippen molar-refractivity contribution in [3.63, 3.8) is 0 Å². The monoisotopic (exact) mass is 352 g/mol. The highest BCUT2D eigenvalue weighted by molar-refractivity contribution is 9.10. The zero-order chi connectivity index (χ0) is 14.5. The molecule has 106 valence electrons. The number of nitrogens with zero attached hydrogens (tertiary/aromatic N) is 2. The van der Waals surface area contributed by atoms with E-state index < -0.39 is 0 Å². The highest BCUT2D eigenvalue weighted by Crippen LogP contribution is 2.24. The van der Waals surface area contributed by atoms with E-state index in [4.69, 9.17) is 0 Å². The minimum absolute atomic E-state index is 0.748. The summed E-state index contributed by atoms with van der Waals surface area (Å²) in [4.78, 5) is 8.88. The molecule has 1 aromatic carbocycles. The standard InChI is InChI=1S/C14H17BrN4S/c1-4-16-12-8-13(19-14(18-12)20-3)17-11-6-9(2)5-10(15)7-11/h5-8H,4H2,1-3H3,(H2,16,17,18,19). The Bertz CT molecular complexity index is 583. The molecule has 1 heterocycles. The molecule has 0 atom stereocenters. The van der Waals surface area contributed by atoms with Crippen molar-refractivity contribution in [2.45, 2.75) is 19.0 Å². The minimum atomic E-state index is 0.748. The van der Waals surface area contributed by atoms with Crippen molar-refractivity contribution in [3.8, 4) is 0 Å². The van der Waals surface area contributed by atoms with Gasteiger partial charge in [0.1, 0.15) is 11.6 Å². The predicted molar refractivity (Wildman–Crippen MR) is 90.1 cm³/mol. The van der Waals surface area contributed by atoms with E-state index in [9.17, 15) is 0 Å². The van der Waals surface area contributed by atoms with Crippen LogP contribution in [0.15, 0.2) is 33.9 Å². The first-order valence-electron chi connectivity index (χ1n) is 6.32. The van der Waals surface area contributed by atoms with Crippen LogP contribution in [0.4, 0.5) is 17.3 Å². The van der Waals surface area contributed by atoms with E-state index in [-0.39, 0.29) is 0 Å². The van der Waals surface area contributed by atoms with E-state index in [1.165, 1.54) is 17.3 Å². The molecule has 0 bridgehead atoms. The molecule has 0 unspecified atom stereocenters. The third-order valence-corrected chi connectivity index (χ3v) is 3.57. The van der Waals surface area contributed by atoms with E-state index in [0.717, 1.165) is 33.5 Å². The van der Waals surface area contributed by atoms with Crippen molar-refractivity contribution < 1.29 is 0 Å². The van der Waals surface area contributed by atoms with E-state index >= 15 is 0 Å². The molecule has 0 aliphatic carbocycles. The number of thioether (sulfide) groups is 1. The van der Waals surface area contributed by atoms with Gasteiger partial charge in [0.25, 0.3) is 0 Å². The maximum absolute atomic E-state index is 4.47. The highest BCUT2D eigenvalue weighted by Gasteiger charge is 2.05. The molecule has 2 rings (SSSR count). The second-order valence-corrected chi connectivity index (χ2v) is 5.99. The van der Waals surface area contributed by atoms with Crippen molar-refractivity contribution in [2.24, 2.45) is 0 Å². The molecular weight excluding hydrogens is 336 g/mol. The molecule has 0 saturated heterocycles. The van der Waals surface area contributed by atoms with Gasteiger partial charge in [0.2, 0.25) is 0 Å². The fourth-order valence-corrected chi connectivity index (χ4v) is 2.80. The third-order valence-electron chi connectivity index (χ3n) is 2.56. The largest absolute Gasteiger partial charge is 0.370 e. The van der Waals surface area contributed by atoms with Crippen LogP contribution < -0.4 is 10.6 Å². The van der Waals surface area contributed by atoms with Crippen LogP contribution in [0.2, 0.25) is 0 Å². The Labute approximate surface area is 131 Å². The molecule has 0 amide bonds. The number of halogens is 1. The Morgan fingerprint density at radius 2 is 1.90 bits per heavy atom. The third kappa shape index (κ3) is 4.11. The Morgan fingerprint density at radius 3 is 2.55 bits per heavy atom. The summed E-state index contributed by atoms with van der Waals surface area (Å²) >= 11 is 5.03. The molecule has 1 aromatic heterocycles. The number of benzene rings is 1. The number of aromatic nitrogens is 2. The first-order chi connectivity index (χ1) is 9.60. The quantitative estimate of drug-likeness (QED) is 0.615. The van der Waals surface area contributed by atoms with Crippen molar-refractivity contribution in [1.29, 1.82) is 0 Å². The van der Waals surface area contributed by atoms with Gasteiger partial charge in [0.15, 0.2) is 5.16 Å². The van der Waals surface area contributed by atoms with Gasteiger partial charge in [-0.05, 0) is 43.9 Å². The van der Waals surface area contributed by atoms with Crippen molar-refractivity contribution in [3.05, 3.63) is 34.3 Å². The van der Waals surface area contributed by atoms with Crippen molar-refractivity contribution >= 4 is 45.0 Å². The van der Waals surface area contributed by atoms with E-state index in [1.54, 1.807) is 0 Å². The summed E-state index contributed by atoms with van der Waals surface area (Å²) in [7, 11) is 0. The minimum Gasteiger partial charge on any atom is -0.370 e. The van der Waals surface area contributed by atoms with E-state index in [2.05, 4.69) is 55.6 Å². The number of hydrogen-bond donors (Lipinski definition) is 2. The molecule has 0 fully saturated rings. The Morgan fingerprint density at radius 1 is 1.15 bits per heavy atom. The van der Waals surface area contributed by atoms with Gasteiger partial charge in [-0.25, -0.2) is 9.97 Å². The normalized spacial score (nSPS) is 10.4. The van der Waals surface area contributed by atoms with Crippen LogP contribution in [0.25, 0.3) is 0 Å². The summed E-state index contributed by atoms with van der Waals surface area (Å²) in [6.45, 7) is 4.94. The average Bonchev–Trinajstić information content (AvgIpc) is 2.37. The van der Waals surface area contributed by atoms with Gasteiger partial charge in [0, 0.05) is 22.8 Å². The lowest BCUT2D eigenvalue weighted by Crippen LogP contribution is -2.03. The summed E-state index contributed by atoms with van der Waals surface area (Å²) in [6.07, 6.45) is 1.97. The van der Waals surface area contributed by atoms with E-state index in [1.807, 2.05) is 25.3 Å². The van der Waals surface area contributed by atoms with Crippen LogP contribution in [0.5, 0.6) is 0 Å². The SMILES string of the molecule is CCNc1cc(Nc2cc(C)cc(Br)c2)nc(SC)n1. The molecule has 0 radical (unpaired) electrons. The molecule has 0 aliphatic heterocycles. The lowest BCUT2D eigenvalue weighted by molar-refractivity contribution is 0.967. The maximum Gasteiger partial charge on any atom is 0.191 e. The lowest BCUT2D eigenvalue weighted by Gasteiger charge is -2.10. The maximum atomic E-state index is 4.47. The van der Waals surface area contributed by atoms with Gasteiger partial charge in [-0.15, -0.1) is 0 Å². The van der Waals surface area contributed by atoms with Crippen LogP contribution >= 0.6 is 27.7 Å². The molecule has 2 aromatic rings. The molecule has 0 spiro atoms. The summed E-state index contributed by atoms with van der Waals surface area (Å²) in [6, 6.07) is 8.10. The van der Waals surface area contributed by atoms with Crippen molar-refractivity contribution in [2.75, 3.05) is 23.4 Å². The zero-order valence-corrected chi connectivity index (χ0v) is 14.1. The van der Waals surface area contributed by atoms with Gasteiger partial charge < -0.3 is 10.6 Å². The Balaban J connectivity index is 2.29. The number of nitrogens with one attached hydrogen (secondary N) is 2. The molecule has 0 aliphatic rings. The highest BCUT2D eigenvalue weighted by atomic mass is 79.9. The van der Waals surface area contributed by atoms with Gasteiger partial charge >= 0.3 is 0 Å². The van der Waals surface area contributed by atoms with Crippen molar-refractivity contribution in [1.82, 2.24) is 9.97 Å². The smallest absolute Gasteiger partial charge is 0.191 e. The fourth-order valence-electron chi connectivity index (χ4n) is 1.81. The van der Waals surface area contributed by atoms with Crippen LogP contribution in [0.3, 0.4) is 0 Å². The van der Waals surface area contributed by atoms with Gasteiger partial charge in [-0.2, -0.15) is 0 Å². The fraction of sp³-hybridized carbons (Fsp3) is 0.286. The number of rotatable bonds is 5. The van der Waals surface area contributed by atoms with Crippen LogP contribution in [-0.4, -0.2) is 22.8 Å². The summed E-state index contributed by atoms with van der Waals surface area (Å²) in [5, 5.41) is 7.29. The first kappa shape index (κ1) is 15.1. The van der Waals surface area contributed by atoms with Gasteiger partial charge in [-0.1, -0.05) is 27.7 Å². The predicted octanol–water partition coefficient (Wildman–Crippen LogP) is 4.44. The number of hydrogen-bond acceptors (Lipinski definition) is 5. The van der Waals surface area contributed by atoms with Crippen LogP contribution in [0.1, 0.15) is 12.5 Å². The molecule has 0 saturated carbocycles. The van der Waals surface area contributed by atoms with Gasteiger partial charge in [-0.3, -0.25) is 0 Å². The summed E-state index contributed by atoms with van der Waals surface area (Å²) < 4.78 is 1.05. The molecular formula is C14H17BrN4S. The first-order valence-corrected chi connectivity index (χ1v) is 8.33. The summed E-state index contributed by atoms with van der Waals surface area (Å²) in [5.74, 6) is 1.62. The average molecular weight is 353 g/mol. The van der Waals surface area contributed by atoms with Gasteiger partial charge in [0.05, 0.1) is 0 Å². The van der Waals surface area contributed by atoms with Crippen LogP contribution in [0, 0.1) is 6.92 Å². The summed E-state index contributed by atoms with van der Waals surface area (Å²) in [5.41, 5.74) is 2.19. The molecule has 6 heteroatoms. The molecule has 2 N–H and O–H groups in total. The lowest BCUT2D eigenvalue weighted by atomic mass is 10.2. The van der Waals surface area contributed by atoms with Crippen LogP contribution in [-0.2, 0) is 0 Å². The second-order valence-electron chi connectivity index (χ2n) is 4.30. The topological polar surface area (TPSA) is 49.8 Å².